The third-order valence-corrected chi connectivity index (χ3v) is 3.11. The van der Waals surface area contributed by atoms with Gasteiger partial charge >= 0.3 is 6.18 Å². The number of alkyl halides is 3. The summed E-state index contributed by atoms with van der Waals surface area (Å²) in [6.45, 7) is -2.75. The monoisotopic (exact) mass is 370 g/mol. The van der Waals surface area contributed by atoms with Crippen molar-refractivity contribution in [3.05, 3.63) is 38.3 Å². The molecule has 1 N–H and O–H groups in total. The minimum Gasteiger partial charge on any atom is -0.395 e. The third-order valence-electron chi connectivity index (χ3n) is 2.42. The van der Waals surface area contributed by atoms with E-state index in [1.54, 1.807) is 0 Å². The summed E-state index contributed by atoms with van der Waals surface area (Å²) < 4.78 is 37.4. The van der Waals surface area contributed by atoms with Gasteiger partial charge in [0.2, 0.25) is 0 Å². The molecule has 1 amide bonds. The fourth-order valence-electron chi connectivity index (χ4n) is 1.55. The highest BCUT2D eigenvalue weighted by Gasteiger charge is 2.34. The Bertz CT molecular complexity index is 551. The molecule has 1 rings (SSSR count). The van der Waals surface area contributed by atoms with Gasteiger partial charge in [-0.3, -0.25) is 14.9 Å². The van der Waals surface area contributed by atoms with E-state index in [0.717, 1.165) is 12.1 Å². The van der Waals surface area contributed by atoms with E-state index in [2.05, 4.69) is 15.9 Å². The molecule has 6 nitrogen and oxygen atoms in total. The molecule has 0 unspecified atom stereocenters. The Morgan fingerprint density at radius 3 is 2.52 bits per heavy atom. The van der Waals surface area contributed by atoms with Crippen LogP contribution in [0.1, 0.15) is 10.4 Å². The summed E-state index contributed by atoms with van der Waals surface area (Å²) in [5.41, 5.74) is -0.695. The lowest BCUT2D eigenvalue weighted by molar-refractivity contribution is -0.384. The summed E-state index contributed by atoms with van der Waals surface area (Å²) in [5.74, 6) is -1.06. The quantitative estimate of drug-likeness (QED) is 0.636. The van der Waals surface area contributed by atoms with Crippen LogP contribution in [0.15, 0.2) is 22.7 Å². The molecule has 0 aliphatic rings. The third kappa shape index (κ3) is 4.97. The number of rotatable bonds is 5. The maximum absolute atomic E-state index is 12.4. The number of halogens is 4. The fraction of sp³-hybridized carbons (Fsp3) is 0.364. The van der Waals surface area contributed by atoms with Crippen LogP contribution < -0.4 is 0 Å². The van der Waals surface area contributed by atoms with Crippen molar-refractivity contribution in [2.75, 3.05) is 19.7 Å². The Morgan fingerprint density at radius 1 is 1.43 bits per heavy atom. The summed E-state index contributed by atoms with van der Waals surface area (Å²) in [5, 5.41) is 19.4. The normalized spacial score (nSPS) is 11.3. The molecule has 0 saturated carbocycles. The van der Waals surface area contributed by atoms with Gasteiger partial charge in [0.15, 0.2) is 0 Å². The smallest absolute Gasteiger partial charge is 0.395 e. The molecular weight excluding hydrogens is 361 g/mol. The van der Waals surface area contributed by atoms with Crippen LogP contribution in [0.5, 0.6) is 0 Å². The molecule has 21 heavy (non-hydrogen) atoms. The van der Waals surface area contributed by atoms with Gasteiger partial charge in [-0.05, 0) is 22.0 Å². The molecule has 0 saturated heterocycles. The van der Waals surface area contributed by atoms with Crippen molar-refractivity contribution in [3.8, 4) is 0 Å². The van der Waals surface area contributed by atoms with Crippen LogP contribution in [0.4, 0.5) is 18.9 Å². The Morgan fingerprint density at radius 2 is 2.05 bits per heavy atom. The summed E-state index contributed by atoms with van der Waals surface area (Å²) >= 11 is 2.97. The molecular formula is C11H10BrF3N2O4. The van der Waals surface area contributed by atoms with Crippen molar-refractivity contribution in [2.45, 2.75) is 6.18 Å². The van der Waals surface area contributed by atoms with Crippen molar-refractivity contribution in [3.63, 3.8) is 0 Å². The van der Waals surface area contributed by atoms with Crippen molar-refractivity contribution in [2.24, 2.45) is 0 Å². The number of benzene rings is 1. The van der Waals surface area contributed by atoms with Crippen LogP contribution >= 0.6 is 15.9 Å². The topological polar surface area (TPSA) is 83.7 Å². The van der Waals surface area contributed by atoms with Gasteiger partial charge < -0.3 is 10.0 Å². The second-order valence-electron chi connectivity index (χ2n) is 3.99. The van der Waals surface area contributed by atoms with Gasteiger partial charge in [-0.1, -0.05) is 0 Å². The van der Waals surface area contributed by atoms with Crippen molar-refractivity contribution >= 4 is 27.5 Å². The lowest BCUT2D eigenvalue weighted by Crippen LogP contribution is -2.40. The number of amides is 1. The molecule has 0 fully saturated rings. The van der Waals surface area contributed by atoms with Gasteiger partial charge in [0, 0.05) is 23.2 Å². The molecule has 0 aromatic heterocycles. The number of carbonyl (C=O) groups excluding carboxylic acids is 1. The van der Waals surface area contributed by atoms with Crippen molar-refractivity contribution < 1.29 is 28.0 Å². The summed E-state index contributed by atoms with van der Waals surface area (Å²) in [6.07, 6.45) is -4.64. The lowest BCUT2D eigenvalue weighted by atomic mass is 10.1. The fourth-order valence-corrected chi connectivity index (χ4v) is 1.97. The van der Waals surface area contributed by atoms with E-state index < -0.39 is 42.4 Å². The van der Waals surface area contributed by atoms with Crippen LogP contribution in [-0.4, -0.2) is 46.7 Å². The number of nitrogens with zero attached hydrogens (tertiary/aromatic N) is 2. The van der Waals surface area contributed by atoms with Crippen LogP contribution in [-0.2, 0) is 0 Å². The Kier molecular flexibility index (Phi) is 5.67. The standard InChI is InChI=1S/C11H10BrF3N2O4/c12-9-2-1-7(17(20)21)5-8(9)10(19)16(3-4-18)6-11(13,14)15/h1-2,5,18H,3-4,6H2. The number of hydrogen-bond donors (Lipinski definition) is 1. The average molecular weight is 371 g/mol. The first kappa shape index (κ1) is 17.4. The van der Waals surface area contributed by atoms with Gasteiger partial charge in [0.25, 0.3) is 11.6 Å². The zero-order valence-corrected chi connectivity index (χ0v) is 12.0. The number of nitro benzene ring substituents is 1. The van der Waals surface area contributed by atoms with E-state index in [-0.39, 0.29) is 10.0 Å². The van der Waals surface area contributed by atoms with E-state index in [1.165, 1.54) is 6.07 Å². The molecule has 1 aromatic carbocycles. The van der Waals surface area contributed by atoms with E-state index in [0.29, 0.717) is 4.90 Å². The zero-order chi connectivity index (χ0) is 16.2. The Balaban J connectivity index is 3.13. The summed E-state index contributed by atoms with van der Waals surface area (Å²) in [4.78, 5) is 22.3. The molecule has 0 aliphatic carbocycles. The highest BCUT2D eigenvalue weighted by Crippen LogP contribution is 2.25. The molecule has 116 valence electrons. The molecule has 0 heterocycles. The second-order valence-corrected chi connectivity index (χ2v) is 4.84. The second kappa shape index (κ2) is 6.85. The van der Waals surface area contributed by atoms with Gasteiger partial charge in [0.1, 0.15) is 6.54 Å². The van der Waals surface area contributed by atoms with Crippen LogP contribution in [0.25, 0.3) is 0 Å². The van der Waals surface area contributed by atoms with Crippen LogP contribution in [0, 0.1) is 10.1 Å². The number of carbonyl (C=O) groups is 1. The molecule has 0 radical (unpaired) electrons. The first-order chi connectivity index (χ1) is 9.65. The van der Waals surface area contributed by atoms with E-state index in [4.69, 9.17) is 5.11 Å². The zero-order valence-electron chi connectivity index (χ0n) is 10.4. The predicted molar refractivity (Wildman–Crippen MR) is 69.8 cm³/mol. The Hall–Kier alpha value is -1.68. The SMILES string of the molecule is O=C(c1cc([N+](=O)[O-])ccc1Br)N(CCO)CC(F)(F)F. The largest absolute Gasteiger partial charge is 0.406 e. The van der Waals surface area contributed by atoms with Crippen molar-refractivity contribution in [1.29, 1.82) is 0 Å². The maximum atomic E-state index is 12.4. The van der Waals surface area contributed by atoms with Gasteiger partial charge in [0.05, 0.1) is 17.1 Å². The molecule has 10 heteroatoms. The number of aliphatic hydroxyl groups excluding tert-OH is 1. The number of nitro groups is 1. The number of non-ortho nitro benzene ring substituents is 1. The Labute approximate surface area is 125 Å². The minimum absolute atomic E-state index is 0.128. The van der Waals surface area contributed by atoms with Gasteiger partial charge in [-0.15, -0.1) is 0 Å². The van der Waals surface area contributed by atoms with Gasteiger partial charge in [-0.2, -0.15) is 13.2 Å². The van der Waals surface area contributed by atoms with E-state index >= 15 is 0 Å². The lowest BCUT2D eigenvalue weighted by Gasteiger charge is -2.23. The highest BCUT2D eigenvalue weighted by atomic mass is 79.9. The molecule has 0 atom stereocenters. The molecule has 0 spiro atoms. The molecule has 0 bridgehead atoms. The van der Waals surface area contributed by atoms with Crippen molar-refractivity contribution in [1.82, 2.24) is 4.90 Å². The van der Waals surface area contributed by atoms with Crippen LogP contribution in [0.3, 0.4) is 0 Å². The highest BCUT2D eigenvalue weighted by molar-refractivity contribution is 9.10. The molecule has 1 aromatic rings. The van der Waals surface area contributed by atoms with E-state index in [1.807, 2.05) is 0 Å². The maximum Gasteiger partial charge on any atom is 0.406 e. The minimum atomic E-state index is -4.64. The number of aliphatic hydroxyl groups is 1. The van der Waals surface area contributed by atoms with E-state index in [9.17, 15) is 28.1 Å². The van der Waals surface area contributed by atoms with Gasteiger partial charge in [-0.25, -0.2) is 0 Å². The van der Waals surface area contributed by atoms with Crippen LogP contribution in [0.2, 0.25) is 0 Å². The first-order valence-corrected chi connectivity index (χ1v) is 6.36. The number of hydrogen-bond acceptors (Lipinski definition) is 4. The summed E-state index contributed by atoms with van der Waals surface area (Å²) in [7, 11) is 0. The predicted octanol–water partition coefficient (Wildman–Crippen LogP) is 2.35. The first-order valence-electron chi connectivity index (χ1n) is 5.56. The average Bonchev–Trinajstić information content (AvgIpc) is 2.36. The molecule has 0 aliphatic heterocycles. The summed E-state index contributed by atoms with van der Waals surface area (Å²) in [6, 6.07) is 3.20.